The molecule has 1 N–H and O–H groups in total. The number of hydrogen-bond acceptors (Lipinski definition) is 3. The number of rotatable bonds is 4. The summed E-state index contributed by atoms with van der Waals surface area (Å²) in [4.78, 5) is 26.4. The molecular weight excluding hydrogens is 288 g/mol. The Kier molecular flexibility index (Phi) is 4.15. The first-order chi connectivity index (χ1) is 11.1. The minimum absolute atomic E-state index is 0.152. The van der Waals surface area contributed by atoms with Crippen LogP contribution in [0.15, 0.2) is 48.5 Å². The van der Waals surface area contributed by atoms with Crippen LogP contribution in [0.4, 0.5) is 11.4 Å². The number of para-hydroxylation sites is 1. The minimum atomic E-state index is -0.505. The molecule has 0 spiro atoms. The molecule has 2 aromatic rings. The number of carbonyl (C=O) groups is 2. The fourth-order valence-electron chi connectivity index (χ4n) is 2.96. The van der Waals surface area contributed by atoms with E-state index in [0.717, 1.165) is 23.2 Å². The van der Waals surface area contributed by atoms with Crippen molar-refractivity contribution in [3.05, 3.63) is 59.7 Å². The summed E-state index contributed by atoms with van der Waals surface area (Å²) >= 11 is 0. The summed E-state index contributed by atoms with van der Waals surface area (Å²) in [5.41, 5.74) is 3.69. The van der Waals surface area contributed by atoms with Crippen molar-refractivity contribution < 1.29 is 9.59 Å². The lowest BCUT2D eigenvalue weighted by Gasteiger charge is -2.19. The summed E-state index contributed by atoms with van der Waals surface area (Å²) in [6, 6.07) is 14.9. The molecule has 1 saturated heterocycles. The molecule has 3 rings (SSSR count). The van der Waals surface area contributed by atoms with Gasteiger partial charge in [0.2, 0.25) is 5.91 Å². The maximum Gasteiger partial charge on any atom is 0.256 e. The van der Waals surface area contributed by atoms with Gasteiger partial charge in [-0.15, -0.1) is 0 Å². The number of nitrogens with zero attached hydrogens (tertiary/aromatic N) is 1. The second-order valence-corrected chi connectivity index (χ2v) is 5.82. The second kappa shape index (κ2) is 6.24. The van der Waals surface area contributed by atoms with Gasteiger partial charge in [-0.3, -0.25) is 9.59 Å². The van der Waals surface area contributed by atoms with Gasteiger partial charge in [0.25, 0.3) is 5.91 Å². The Hall–Kier alpha value is -2.62. The number of carbonyl (C=O) groups excluding carboxylic acids is 2. The van der Waals surface area contributed by atoms with Crippen molar-refractivity contribution in [2.45, 2.75) is 32.7 Å². The Morgan fingerprint density at radius 2 is 1.91 bits per heavy atom. The van der Waals surface area contributed by atoms with Gasteiger partial charge in [-0.25, -0.2) is 4.90 Å². The molecule has 0 saturated carbocycles. The summed E-state index contributed by atoms with van der Waals surface area (Å²) in [7, 11) is 0. The lowest BCUT2D eigenvalue weighted by atomic mass is 10.1. The molecule has 0 bridgehead atoms. The lowest BCUT2D eigenvalue weighted by Crippen LogP contribution is -2.35. The van der Waals surface area contributed by atoms with E-state index in [4.69, 9.17) is 0 Å². The van der Waals surface area contributed by atoms with Crippen molar-refractivity contribution in [2.75, 3.05) is 10.2 Å². The van der Waals surface area contributed by atoms with E-state index in [1.807, 2.05) is 62.4 Å². The predicted molar refractivity (Wildman–Crippen MR) is 91.5 cm³/mol. The van der Waals surface area contributed by atoms with E-state index in [1.54, 1.807) is 0 Å². The third-order valence-electron chi connectivity index (χ3n) is 4.12. The fraction of sp³-hybridized carbons (Fsp3) is 0.263. The quantitative estimate of drug-likeness (QED) is 0.882. The van der Waals surface area contributed by atoms with Crippen LogP contribution in [0.3, 0.4) is 0 Å². The van der Waals surface area contributed by atoms with Gasteiger partial charge in [0, 0.05) is 5.69 Å². The van der Waals surface area contributed by atoms with Gasteiger partial charge in [-0.2, -0.15) is 0 Å². The Labute approximate surface area is 136 Å². The average molecular weight is 308 g/mol. The van der Waals surface area contributed by atoms with E-state index in [2.05, 4.69) is 5.32 Å². The summed E-state index contributed by atoms with van der Waals surface area (Å²) in [5, 5.41) is 3.19. The minimum Gasteiger partial charge on any atom is -0.373 e. The number of imide groups is 1. The van der Waals surface area contributed by atoms with Gasteiger partial charge in [0.15, 0.2) is 0 Å². The van der Waals surface area contributed by atoms with Crippen LogP contribution in [0.5, 0.6) is 0 Å². The van der Waals surface area contributed by atoms with Gasteiger partial charge in [0.1, 0.15) is 6.04 Å². The Balaban J connectivity index is 1.85. The molecule has 4 nitrogen and oxygen atoms in total. The Bertz CT molecular complexity index is 755. The van der Waals surface area contributed by atoms with Crippen LogP contribution < -0.4 is 10.2 Å². The summed E-state index contributed by atoms with van der Waals surface area (Å²) in [6.07, 6.45) is 0.966. The largest absolute Gasteiger partial charge is 0.373 e. The molecule has 1 heterocycles. The lowest BCUT2D eigenvalue weighted by molar-refractivity contribution is -0.121. The zero-order valence-electron chi connectivity index (χ0n) is 13.4. The molecule has 0 unspecified atom stereocenters. The van der Waals surface area contributed by atoms with Crippen molar-refractivity contribution in [3.8, 4) is 0 Å². The van der Waals surface area contributed by atoms with Crippen molar-refractivity contribution in [2.24, 2.45) is 0 Å². The highest BCUT2D eigenvalue weighted by molar-refractivity contribution is 6.23. The van der Waals surface area contributed by atoms with Crippen LogP contribution in [-0.2, 0) is 16.0 Å². The average Bonchev–Trinajstić information content (AvgIpc) is 2.81. The molecule has 118 valence electrons. The SMILES string of the molecule is CCc1ccccc1N1C(=O)C[C@H](Nc2cccc(C)c2)C1=O. The number of hydrogen-bond donors (Lipinski definition) is 1. The number of amides is 2. The normalized spacial score (nSPS) is 17.7. The monoisotopic (exact) mass is 308 g/mol. The number of benzene rings is 2. The highest BCUT2D eigenvalue weighted by atomic mass is 16.2. The molecule has 1 aliphatic heterocycles. The van der Waals surface area contributed by atoms with Gasteiger partial charge in [-0.1, -0.05) is 37.3 Å². The van der Waals surface area contributed by atoms with Crippen molar-refractivity contribution >= 4 is 23.2 Å². The summed E-state index contributed by atoms with van der Waals surface area (Å²) < 4.78 is 0. The molecule has 23 heavy (non-hydrogen) atoms. The number of nitrogens with one attached hydrogen (secondary N) is 1. The topological polar surface area (TPSA) is 49.4 Å². The summed E-state index contributed by atoms with van der Waals surface area (Å²) in [5.74, 6) is -0.335. The molecule has 1 atom stereocenters. The predicted octanol–water partition coefficient (Wildman–Crippen LogP) is 3.30. The zero-order valence-corrected chi connectivity index (χ0v) is 13.4. The number of anilines is 2. The molecule has 4 heteroatoms. The molecule has 1 aliphatic rings. The van der Waals surface area contributed by atoms with E-state index < -0.39 is 6.04 Å². The van der Waals surface area contributed by atoms with Crippen LogP contribution in [0, 0.1) is 6.92 Å². The van der Waals surface area contributed by atoms with Gasteiger partial charge in [0.05, 0.1) is 12.1 Å². The first-order valence-electron chi connectivity index (χ1n) is 7.88. The van der Waals surface area contributed by atoms with Crippen LogP contribution >= 0.6 is 0 Å². The fourth-order valence-corrected chi connectivity index (χ4v) is 2.96. The van der Waals surface area contributed by atoms with Crippen molar-refractivity contribution in [3.63, 3.8) is 0 Å². The van der Waals surface area contributed by atoms with Crippen LogP contribution in [0.25, 0.3) is 0 Å². The standard InChI is InChI=1S/C19H20N2O2/c1-3-14-8-4-5-10-17(14)21-18(22)12-16(19(21)23)20-15-9-6-7-13(2)11-15/h4-11,16,20H,3,12H2,1-2H3/t16-/m0/s1. The maximum absolute atomic E-state index is 12.7. The van der Waals surface area contributed by atoms with Gasteiger partial charge >= 0.3 is 0 Å². The molecule has 0 aliphatic carbocycles. The maximum atomic E-state index is 12.7. The Morgan fingerprint density at radius 3 is 2.65 bits per heavy atom. The third kappa shape index (κ3) is 2.97. The molecule has 2 amide bonds. The summed E-state index contributed by atoms with van der Waals surface area (Å²) in [6.45, 7) is 4.02. The Morgan fingerprint density at radius 1 is 1.13 bits per heavy atom. The molecule has 0 aromatic heterocycles. The van der Waals surface area contributed by atoms with E-state index >= 15 is 0 Å². The highest BCUT2D eigenvalue weighted by Gasteiger charge is 2.40. The molecule has 0 radical (unpaired) electrons. The van der Waals surface area contributed by atoms with Crippen LogP contribution in [0.2, 0.25) is 0 Å². The first-order valence-corrected chi connectivity index (χ1v) is 7.88. The molecular formula is C19H20N2O2. The zero-order chi connectivity index (χ0) is 16.4. The molecule has 1 fully saturated rings. The van der Waals surface area contributed by atoms with Gasteiger partial charge in [-0.05, 0) is 42.7 Å². The molecule has 2 aromatic carbocycles. The van der Waals surface area contributed by atoms with Crippen molar-refractivity contribution in [1.29, 1.82) is 0 Å². The second-order valence-electron chi connectivity index (χ2n) is 5.82. The van der Waals surface area contributed by atoms with Crippen molar-refractivity contribution in [1.82, 2.24) is 0 Å². The first kappa shape index (κ1) is 15.3. The van der Waals surface area contributed by atoms with Crippen LogP contribution in [-0.4, -0.2) is 17.9 Å². The van der Waals surface area contributed by atoms with E-state index in [-0.39, 0.29) is 18.2 Å². The highest BCUT2D eigenvalue weighted by Crippen LogP contribution is 2.28. The van der Waals surface area contributed by atoms with E-state index in [0.29, 0.717) is 5.69 Å². The van der Waals surface area contributed by atoms with Crippen LogP contribution in [0.1, 0.15) is 24.5 Å². The smallest absolute Gasteiger partial charge is 0.256 e. The third-order valence-corrected chi connectivity index (χ3v) is 4.12. The number of aryl methyl sites for hydroxylation is 2. The van der Waals surface area contributed by atoms with Gasteiger partial charge < -0.3 is 5.32 Å². The van der Waals surface area contributed by atoms with E-state index in [1.165, 1.54) is 4.90 Å². The van der Waals surface area contributed by atoms with E-state index in [9.17, 15) is 9.59 Å².